The first-order chi connectivity index (χ1) is 15.8. The van der Waals surface area contributed by atoms with Crippen LogP contribution in [0.1, 0.15) is 49.7 Å². The molecule has 0 spiro atoms. The molecule has 0 aliphatic carbocycles. The van der Waals surface area contributed by atoms with Crippen LogP contribution in [-0.4, -0.2) is 51.0 Å². The highest BCUT2D eigenvalue weighted by molar-refractivity contribution is 5.94. The molecule has 1 aromatic carbocycles. The lowest BCUT2D eigenvalue weighted by molar-refractivity contribution is 0.0199. The molecular weight excluding hydrogens is 420 g/mol. The van der Waals surface area contributed by atoms with Gasteiger partial charge in [0.2, 0.25) is 0 Å². The van der Waals surface area contributed by atoms with Crippen LogP contribution in [0.25, 0.3) is 5.65 Å². The van der Waals surface area contributed by atoms with Gasteiger partial charge in [-0.2, -0.15) is 0 Å². The first-order valence-corrected chi connectivity index (χ1v) is 11.2. The number of benzene rings is 1. The molecule has 0 unspecified atom stereocenters. The summed E-state index contributed by atoms with van der Waals surface area (Å²) in [6, 6.07) is 13.0. The maximum atomic E-state index is 12.8. The van der Waals surface area contributed by atoms with Gasteiger partial charge in [-0.3, -0.25) is 4.79 Å². The van der Waals surface area contributed by atoms with Crippen molar-refractivity contribution in [3.05, 3.63) is 66.1 Å². The molecule has 0 bridgehead atoms. The second-order valence-electron chi connectivity index (χ2n) is 9.23. The number of likely N-dealkylation sites (tertiary alicyclic amines) is 1. The molecule has 1 N–H and O–H groups in total. The predicted molar refractivity (Wildman–Crippen MR) is 124 cm³/mol. The van der Waals surface area contributed by atoms with Gasteiger partial charge in [0.25, 0.3) is 5.91 Å². The Labute approximate surface area is 193 Å². The van der Waals surface area contributed by atoms with E-state index in [2.05, 4.69) is 10.3 Å². The van der Waals surface area contributed by atoms with E-state index in [1.807, 2.05) is 61.8 Å². The van der Waals surface area contributed by atoms with Crippen molar-refractivity contribution in [3.8, 4) is 5.75 Å². The van der Waals surface area contributed by atoms with Crippen LogP contribution in [0.2, 0.25) is 0 Å². The Morgan fingerprint density at radius 3 is 2.64 bits per heavy atom. The Kier molecular flexibility index (Phi) is 6.53. The summed E-state index contributed by atoms with van der Waals surface area (Å²) in [5.41, 5.74) is 1.70. The minimum atomic E-state index is -0.513. The Hall–Kier alpha value is -3.55. The molecule has 3 aromatic rings. The van der Waals surface area contributed by atoms with E-state index < -0.39 is 5.60 Å². The number of rotatable bonds is 5. The van der Waals surface area contributed by atoms with Gasteiger partial charge in [0.05, 0.1) is 5.69 Å². The summed E-state index contributed by atoms with van der Waals surface area (Å²) in [5, 5.41) is 3.07. The van der Waals surface area contributed by atoms with Crippen molar-refractivity contribution in [2.24, 2.45) is 0 Å². The molecule has 1 aliphatic heterocycles. The van der Waals surface area contributed by atoms with Crippen LogP contribution < -0.4 is 10.1 Å². The fourth-order valence-corrected chi connectivity index (χ4v) is 3.74. The van der Waals surface area contributed by atoms with Crippen molar-refractivity contribution in [2.45, 2.75) is 51.9 Å². The van der Waals surface area contributed by atoms with Gasteiger partial charge in [-0.25, -0.2) is 9.78 Å². The van der Waals surface area contributed by atoms with Crippen LogP contribution in [0, 0.1) is 0 Å². The van der Waals surface area contributed by atoms with Gasteiger partial charge in [0.15, 0.2) is 0 Å². The number of nitrogens with zero attached hydrogens (tertiary/aromatic N) is 3. The lowest BCUT2D eigenvalue weighted by atomic mass is 10.0. The Bertz CT molecular complexity index is 1090. The molecule has 174 valence electrons. The minimum absolute atomic E-state index is 0.0127. The SMILES string of the molecule is CC(C)(C)OC(=O)N1CCC(NC(=O)c2cccc(OCc3cn4ccccc4n3)c2)CC1. The Morgan fingerprint density at radius 1 is 1.12 bits per heavy atom. The predicted octanol–water partition coefficient (Wildman–Crippen LogP) is 4.04. The van der Waals surface area contributed by atoms with Gasteiger partial charge in [-0.05, 0) is 63.9 Å². The lowest BCUT2D eigenvalue weighted by Crippen LogP contribution is -2.47. The van der Waals surface area contributed by atoms with Crippen molar-refractivity contribution in [1.82, 2.24) is 19.6 Å². The third-order valence-electron chi connectivity index (χ3n) is 5.38. The van der Waals surface area contributed by atoms with E-state index in [-0.39, 0.29) is 18.0 Å². The summed E-state index contributed by atoms with van der Waals surface area (Å²) in [6.45, 7) is 6.99. The number of piperidine rings is 1. The van der Waals surface area contributed by atoms with E-state index >= 15 is 0 Å². The van der Waals surface area contributed by atoms with Crippen molar-refractivity contribution in [1.29, 1.82) is 0 Å². The zero-order chi connectivity index (χ0) is 23.4. The largest absolute Gasteiger partial charge is 0.487 e. The number of carbonyl (C=O) groups excluding carboxylic acids is 2. The Balaban J connectivity index is 1.28. The van der Waals surface area contributed by atoms with Gasteiger partial charge >= 0.3 is 6.09 Å². The molecule has 8 nitrogen and oxygen atoms in total. The lowest BCUT2D eigenvalue weighted by Gasteiger charge is -2.33. The molecule has 3 heterocycles. The number of fused-ring (bicyclic) bond motifs is 1. The van der Waals surface area contributed by atoms with Crippen LogP contribution in [0.5, 0.6) is 5.75 Å². The number of hydrogen-bond acceptors (Lipinski definition) is 5. The average Bonchev–Trinajstić information content (AvgIpc) is 3.20. The van der Waals surface area contributed by atoms with E-state index in [0.29, 0.717) is 43.9 Å². The number of hydrogen-bond donors (Lipinski definition) is 1. The van der Waals surface area contributed by atoms with E-state index in [9.17, 15) is 9.59 Å². The number of nitrogens with one attached hydrogen (secondary N) is 1. The highest BCUT2D eigenvalue weighted by Gasteiger charge is 2.27. The van der Waals surface area contributed by atoms with Crippen LogP contribution in [0.4, 0.5) is 4.79 Å². The molecule has 2 amide bonds. The molecule has 0 saturated carbocycles. The maximum absolute atomic E-state index is 12.8. The summed E-state index contributed by atoms with van der Waals surface area (Å²) >= 11 is 0. The molecule has 1 fully saturated rings. The van der Waals surface area contributed by atoms with Crippen molar-refractivity contribution >= 4 is 17.6 Å². The third kappa shape index (κ3) is 6.03. The molecule has 8 heteroatoms. The molecule has 0 radical (unpaired) electrons. The van der Waals surface area contributed by atoms with E-state index in [4.69, 9.17) is 9.47 Å². The smallest absolute Gasteiger partial charge is 0.410 e. The normalized spacial score (nSPS) is 14.8. The van der Waals surface area contributed by atoms with Gasteiger partial charge in [0.1, 0.15) is 23.6 Å². The maximum Gasteiger partial charge on any atom is 0.410 e. The standard InChI is InChI=1S/C25H30N4O4/c1-25(2,3)33-24(31)28-13-10-19(11-14-28)27-23(30)18-7-6-8-21(15-18)32-17-20-16-29-12-5-4-9-22(29)26-20/h4-9,12,15-16,19H,10-11,13-14,17H2,1-3H3,(H,27,30). The monoisotopic (exact) mass is 450 g/mol. The number of carbonyl (C=O) groups is 2. The summed E-state index contributed by atoms with van der Waals surface area (Å²) in [6.07, 6.45) is 4.94. The molecule has 33 heavy (non-hydrogen) atoms. The first kappa shape index (κ1) is 22.6. The van der Waals surface area contributed by atoms with Gasteiger partial charge in [-0.1, -0.05) is 12.1 Å². The molecular formula is C25H30N4O4. The summed E-state index contributed by atoms with van der Waals surface area (Å²) in [5.74, 6) is 0.461. The van der Waals surface area contributed by atoms with Crippen molar-refractivity contribution < 1.29 is 19.1 Å². The van der Waals surface area contributed by atoms with Gasteiger partial charge in [-0.15, -0.1) is 0 Å². The minimum Gasteiger partial charge on any atom is -0.487 e. The molecule has 1 saturated heterocycles. The number of amides is 2. The molecule has 1 aliphatic rings. The summed E-state index contributed by atoms with van der Waals surface area (Å²) in [7, 11) is 0. The zero-order valence-electron chi connectivity index (χ0n) is 19.3. The molecule has 4 rings (SSSR count). The molecule has 2 aromatic heterocycles. The first-order valence-electron chi connectivity index (χ1n) is 11.2. The summed E-state index contributed by atoms with van der Waals surface area (Å²) in [4.78, 5) is 31.2. The second kappa shape index (κ2) is 9.52. The molecule has 0 atom stereocenters. The summed E-state index contributed by atoms with van der Waals surface area (Å²) < 4.78 is 13.2. The van der Waals surface area contributed by atoms with Gasteiger partial charge < -0.3 is 24.1 Å². The number of imidazole rings is 1. The number of pyridine rings is 1. The topological polar surface area (TPSA) is 85.2 Å². The van der Waals surface area contributed by atoms with Crippen LogP contribution in [-0.2, 0) is 11.3 Å². The second-order valence-corrected chi connectivity index (χ2v) is 9.23. The van der Waals surface area contributed by atoms with Crippen molar-refractivity contribution in [3.63, 3.8) is 0 Å². The van der Waals surface area contributed by atoms with E-state index in [1.165, 1.54) is 0 Å². The van der Waals surface area contributed by atoms with E-state index in [1.54, 1.807) is 23.1 Å². The zero-order valence-corrected chi connectivity index (χ0v) is 19.3. The van der Waals surface area contributed by atoms with Crippen LogP contribution in [0.3, 0.4) is 0 Å². The van der Waals surface area contributed by atoms with Crippen molar-refractivity contribution in [2.75, 3.05) is 13.1 Å². The highest BCUT2D eigenvalue weighted by Crippen LogP contribution is 2.18. The highest BCUT2D eigenvalue weighted by atomic mass is 16.6. The Morgan fingerprint density at radius 2 is 1.91 bits per heavy atom. The average molecular weight is 451 g/mol. The van der Waals surface area contributed by atoms with Crippen LogP contribution in [0.15, 0.2) is 54.9 Å². The number of aromatic nitrogens is 2. The fraction of sp³-hybridized carbons (Fsp3) is 0.400. The number of ether oxygens (including phenoxy) is 2. The third-order valence-corrected chi connectivity index (χ3v) is 5.38. The van der Waals surface area contributed by atoms with E-state index in [0.717, 1.165) is 11.3 Å². The quantitative estimate of drug-likeness (QED) is 0.634. The van der Waals surface area contributed by atoms with Crippen LogP contribution >= 0.6 is 0 Å². The fourth-order valence-electron chi connectivity index (χ4n) is 3.74. The van der Waals surface area contributed by atoms with Gasteiger partial charge in [0, 0.05) is 37.1 Å².